The first-order valence-electron chi connectivity index (χ1n) is 11.3. The van der Waals surface area contributed by atoms with Crippen molar-refractivity contribution in [2.24, 2.45) is 11.1 Å². The Balaban J connectivity index is 1.34. The Kier molecular flexibility index (Phi) is 6.23. The lowest BCUT2D eigenvalue weighted by Gasteiger charge is -2.54. The molecule has 1 aromatic heterocycles. The van der Waals surface area contributed by atoms with Crippen LogP contribution in [0.15, 0.2) is 21.8 Å². The number of anilines is 1. The fraction of sp³-hybridized carbons (Fsp3) is 0.571. The Labute approximate surface area is 209 Å². The molecule has 6 rings (SSSR count). The minimum Gasteiger partial charge on any atom is -0.543 e. The number of carboxylic acid groups (broad SMARTS) is 1. The number of hydrogen-bond donors (Lipinski definition) is 3. The van der Waals surface area contributed by atoms with Crippen LogP contribution in [0.4, 0.5) is 5.13 Å². The Bertz CT molecular complexity index is 1130. The number of oxime groups is 1. The first kappa shape index (κ1) is 24.0. The number of carboxylic acids is 1. The van der Waals surface area contributed by atoms with E-state index in [1.807, 2.05) is 0 Å². The molecule has 1 unspecified atom stereocenters. The van der Waals surface area contributed by atoms with E-state index in [0.29, 0.717) is 34.8 Å². The van der Waals surface area contributed by atoms with E-state index >= 15 is 0 Å². The van der Waals surface area contributed by atoms with Crippen LogP contribution in [0, 0.1) is 5.92 Å². The van der Waals surface area contributed by atoms with E-state index in [2.05, 4.69) is 15.5 Å². The second-order valence-electron chi connectivity index (χ2n) is 9.33. The molecule has 14 heteroatoms. The van der Waals surface area contributed by atoms with Crippen LogP contribution in [0.5, 0.6) is 0 Å². The second kappa shape index (κ2) is 9.08. The van der Waals surface area contributed by atoms with Gasteiger partial charge in [0.05, 0.1) is 24.8 Å². The number of carbonyl (C=O) groups excluding carboxylic acids is 3. The van der Waals surface area contributed by atoms with E-state index in [0.717, 1.165) is 37.3 Å². The number of aliphatic carboxylic acids is 1. The quantitative estimate of drug-likeness (QED) is 0.160. The monoisotopic (exact) mass is 522 g/mol. The zero-order chi connectivity index (χ0) is 24.9. The van der Waals surface area contributed by atoms with Crippen molar-refractivity contribution in [1.82, 2.24) is 15.2 Å². The number of hydrogen-bond acceptors (Lipinski definition) is 11. The standard InChI is InChI=1S/C21H26N6O6S2/c1-33-25-14(12-9-35-21(22)23-12)17(29)24-15-18(30)26-16(20(31)32)11(8-34-19(15)26)6-27-4-2-10(3-5-27)13(28)7-27/h9-10,13,15,19,28H,2-8H2,1H3,(H3-,22,23,24,29,31,32)/b25-14-/t10?,13?,15-,19-,27?/m1/s1. The topological polar surface area (TPSA) is 170 Å². The highest BCUT2D eigenvalue weighted by Crippen LogP contribution is 2.42. The molecule has 1 aromatic rings. The van der Waals surface area contributed by atoms with Crippen LogP contribution in [-0.4, -0.2) is 99.5 Å². The predicted molar refractivity (Wildman–Crippen MR) is 126 cm³/mol. The maximum atomic E-state index is 13.0. The van der Waals surface area contributed by atoms with Gasteiger partial charge in [-0.15, -0.1) is 23.1 Å². The summed E-state index contributed by atoms with van der Waals surface area (Å²) in [5.74, 6) is -1.90. The largest absolute Gasteiger partial charge is 0.543 e. The number of thioether (sulfide) groups is 1. The molecule has 3 atom stereocenters. The number of rotatable bonds is 7. The van der Waals surface area contributed by atoms with Crippen molar-refractivity contribution >= 4 is 51.7 Å². The Hall–Kier alpha value is -2.68. The number of nitrogen functional groups attached to an aromatic ring is 1. The number of aliphatic hydroxyl groups is 1. The van der Waals surface area contributed by atoms with E-state index < -0.39 is 29.2 Å². The predicted octanol–water partition coefficient (Wildman–Crippen LogP) is -1.92. The molecule has 6 heterocycles. The molecule has 0 spiro atoms. The third kappa shape index (κ3) is 4.17. The minimum absolute atomic E-state index is 0.114. The van der Waals surface area contributed by atoms with Gasteiger partial charge in [0, 0.05) is 35.5 Å². The van der Waals surface area contributed by atoms with Crippen molar-refractivity contribution in [3.63, 3.8) is 0 Å². The van der Waals surface area contributed by atoms with Gasteiger partial charge in [0.15, 0.2) is 10.8 Å². The number of nitrogens with zero attached hydrogens (tertiary/aromatic N) is 4. The zero-order valence-corrected chi connectivity index (χ0v) is 20.6. The maximum absolute atomic E-state index is 13.0. The summed E-state index contributed by atoms with van der Waals surface area (Å²) >= 11 is 2.53. The highest BCUT2D eigenvalue weighted by Gasteiger charge is 2.54. The normalized spacial score (nSPS) is 32.2. The Morgan fingerprint density at radius 3 is 2.77 bits per heavy atom. The average Bonchev–Trinajstić information content (AvgIpc) is 3.26. The summed E-state index contributed by atoms with van der Waals surface area (Å²) in [5, 5.41) is 30.1. The minimum atomic E-state index is -1.41. The summed E-state index contributed by atoms with van der Waals surface area (Å²) < 4.78 is 0.630. The summed E-state index contributed by atoms with van der Waals surface area (Å²) in [6.07, 6.45) is 1.45. The summed E-state index contributed by atoms with van der Waals surface area (Å²) in [4.78, 5) is 48.1. The van der Waals surface area contributed by atoms with Crippen LogP contribution in [0.3, 0.4) is 0 Å². The molecule has 4 saturated heterocycles. The molecular formula is C21H26N6O6S2. The number of aliphatic hydroxyl groups excluding tert-OH is 1. The highest BCUT2D eigenvalue weighted by atomic mass is 32.2. The van der Waals surface area contributed by atoms with Crippen molar-refractivity contribution in [2.45, 2.75) is 30.4 Å². The van der Waals surface area contributed by atoms with Gasteiger partial charge in [0.1, 0.15) is 43.4 Å². The number of nitrogens with one attached hydrogen (secondary N) is 1. The van der Waals surface area contributed by atoms with Gasteiger partial charge in [-0.05, 0) is 0 Å². The molecular weight excluding hydrogens is 496 g/mol. The van der Waals surface area contributed by atoms with Gasteiger partial charge in [-0.3, -0.25) is 14.5 Å². The number of piperidine rings is 3. The van der Waals surface area contributed by atoms with E-state index in [1.165, 1.54) is 23.8 Å². The molecule has 4 fully saturated rings. The van der Waals surface area contributed by atoms with Crippen molar-refractivity contribution < 1.29 is 33.9 Å². The molecule has 4 N–H and O–H groups in total. The van der Waals surface area contributed by atoms with Gasteiger partial charge in [0.2, 0.25) is 0 Å². The summed E-state index contributed by atoms with van der Waals surface area (Å²) in [7, 11) is 1.28. The Morgan fingerprint density at radius 2 is 2.17 bits per heavy atom. The van der Waals surface area contributed by atoms with Crippen LogP contribution >= 0.6 is 23.1 Å². The molecule has 188 valence electrons. The fourth-order valence-corrected chi connectivity index (χ4v) is 7.45. The smallest absolute Gasteiger partial charge is 0.276 e. The van der Waals surface area contributed by atoms with Gasteiger partial charge in [-0.1, -0.05) is 5.16 Å². The van der Waals surface area contributed by atoms with Crippen LogP contribution in [0.25, 0.3) is 0 Å². The zero-order valence-electron chi connectivity index (χ0n) is 19.0. The molecule has 0 radical (unpaired) electrons. The number of β-lactam (4-membered cyclic amide) rings is 1. The number of amides is 2. The number of aromatic nitrogens is 1. The highest BCUT2D eigenvalue weighted by molar-refractivity contribution is 8.00. The first-order chi connectivity index (χ1) is 16.7. The van der Waals surface area contributed by atoms with E-state index in [1.54, 1.807) is 5.38 Å². The number of fused-ring (bicyclic) bond motifs is 4. The fourth-order valence-electron chi connectivity index (χ4n) is 5.57. The molecule has 0 saturated carbocycles. The summed E-state index contributed by atoms with van der Waals surface area (Å²) in [6, 6.07) is -0.930. The lowest BCUT2D eigenvalue weighted by atomic mass is 9.83. The second-order valence-corrected chi connectivity index (χ2v) is 11.3. The van der Waals surface area contributed by atoms with Crippen LogP contribution < -0.4 is 16.2 Å². The molecule has 0 aliphatic carbocycles. The van der Waals surface area contributed by atoms with Crippen molar-refractivity contribution in [3.8, 4) is 0 Å². The van der Waals surface area contributed by atoms with Gasteiger partial charge in [-0.25, -0.2) is 4.98 Å². The molecule has 2 amide bonds. The van der Waals surface area contributed by atoms with Crippen molar-refractivity contribution in [3.05, 3.63) is 22.3 Å². The van der Waals surface area contributed by atoms with Crippen LogP contribution in [-0.2, 0) is 19.2 Å². The van der Waals surface area contributed by atoms with Crippen LogP contribution in [0.1, 0.15) is 18.5 Å². The van der Waals surface area contributed by atoms with Gasteiger partial charge < -0.3 is 35.4 Å². The van der Waals surface area contributed by atoms with Crippen LogP contribution in [0.2, 0.25) is 0 Å². The van der Waals surface area contributed by atoms with Gasteiger partial charge in [-0.2, -0.15) is 0 Å². The molecule has 35 heavy (non-hydrogen) atoms. The lowest BCUT2D eigenvalue weighted by molar-refractivity contribution is -0.942. The van der Waals surface area contributed by atoms with Crippen molar-refractivity contribution in [1.29, 1.82) is 0 Å². The number of nitrogens with two attached hydrogens (primary N) is 1. The lowest BCUT2D eigenvalue weighted by Crippen LogP contribution is -2.72. The SMILES string of the molecule is CO/N=C(\C(=O)N[C@@H]1C(=O)N2C(C(=O)[O-])=C(C[N+]34CCC(CC3)C(O)C4)CS[C@H]12)c1csc(N)n1. The number of carbonyl (C=O) groups is 3. The average molecular weight is 523 g/mol. The van der Waals surface area contributed by atoms with E-state index in [-0.39, 0.29) is 28.3 Å². The van der Waals surface area contributed by atoms with E-state index in [4.69, 9.17) is 10.6 Å². The number of thiazole rings is 1. The van der Waals surface area contributed by atoms with Gasteiger partial charge in [0.25, 0.3) is 11.8 Å². The molecule has 0 aromatic carbocycles. The molecule has 5 aliphatic heterocycles. The maximum Gasteiger partial charge on any atom is 0.276 e. The third-order valence-corrected chi connectivity index (χ3v) is 9.30. The van der Waals surface area contributed by atoms with E-state index in [9.17, 15) is 24.6 Å². The molecule has 5 aliphatic rings. The molecule has 12 nitrogen and oxygen atoms in total. The summed E-state index contributed by atoms with van der Waals surface area (Å²) in [6.45, 7) is 2.82. The van der Waals surface area contributed by atoms with Crippen molar-refractivity contribution in [2.75, 3.05) is 44.8 Å². The third-order valence-electron chi connectivity index (χ3n) is 7.28. The molecule has 2 bridgehead atoms. The first-order valence-corrected chi connectivity index (χ1v) is 13.2. The van der Waals surface area contributed by atoms with Gasteiger partial charge >= 0.3 is 0 Å². The Morgan fingerprint density at radius 1 is 1.43 bits per heavy atom. The number of quaternary nitrogens is 1. The summed E-state index contributed by atoms with van der Waals surface area (Å²) in [5.41, 5.74) is 6.25.